The van der Waals surface area contributed by atoms with Crippen LogP contribution in [0, 0.1) is 13.8 Å². The molecule has 0 aliphatic carbocycles. The van der Waals surface area contributed by atoms with Crippen LogP contribution in [0.2, 0.25) is 0 Å². The highest BCUT2D eigenvalue weighted by molar-refractivity contribution is 5.78. The monoisotopic (exact) mass is 382 g/mol. The zero-order valence-electron chi connectivity index (χ0n) is 17.1. The van der Waals surface area contributed by atoms with Crippen LogP contribution in [0.3, 0.4) is 0 Å². The van der Waals surface area contributed by atoms with Gasteiger partial charge in [0.25, 0.3) is 0 Å². The predicted molar refractivity (Wildman–Crippen MR) is 112 cm³/mol. The maximum atomic E-state index is 9.40. The second-order valence-electron chi connectivity index (χ2n) is 7.01. The zero-order valence-corrected chi connectivity index (χ0v) is 17.1. The summed E-state index contributed by atoms with van der Waals surface area (Å²) in [5, 5.41) is 9.40. The summed E-state index contributed by atoms with van der Waals surface area (Å²) in [7, 11) is 0. The van der Waals surface area contributed by atoms with Crippen LogP contribution in [-0.4, -0.2) is 34.5 Å². The molecule has 150 valence electrons. The molecule has 5 heteroatoms. The minimum atomic E-state index is 0.110. The first-order chi connectivity index (χ1) is 13.6. The molecule has 3 aromatic rings. The number of aliphatic hydroxyl groups is 1. The lowest BCUT2D eigenvalue weighted by Gasteiger charge is -2.12. The zero-order chi connectivity index (χ0) is 19.9. The Hall–Kier alpha value is -2.53. The molecule has 0 fully saturated rings. The van der Waals surface area contributed by atoms with Crippen LogP contribution in [0.5, 0.6) is 11.5 Å². The van der Waals surface area contributed by atoms with Crippen molar-refractivity contribution >= 4 is 11.0 Å². The van der Waals surface area contributed by atoms with Crippen molar-refractivity contribution in [2.24, 2.45) is 0 Å². The van der Waals surface area contributed by atoms with E-state index in [0.29, 0.717) is 19.6 Å². The molecule has 0 atom stereocenters. The number of hydrogen-bond donors (Lipinski definition) is 1. The number of unbranched alkanes of at least 4 members (excludes halogenated alkanes) is 1. The molecule has 0 radical (unpaired) electrons. The molecule has 5 nitrogen and oxygen atoms in total. The van der Waals surface area contributed by atoms with Crippen LogP contribution in [-0.2, 0) is 13.0 Å². The number of hydrogen-bond acceptors (Lipinski definition) is 4. The molecular formula is C23H30N2O3. The van der Waals surface area contributed by atoms with E-state index in [-0.39, 0.29) is 6.61 Å². The third-order valence-electron chi connectivity index (χ3n) is 4.96. The van der Waals surface area contributed by atoms with Gasteiger partial charge in [0.15, 0.2) is 11.5 Å². The molecule has 1 heterocycles. The van der Waals surface area contributed by atoms with Gasteiger partial charge < -0.3 is 19.1 Å². The van der Waals surface area contributed by atoms with Gasteiger partial charge in [-0.3, -0.25) is 0 Å². The lowest BCUT2D eigenvalue weighted by molar-refractivity contribution is 0.269. The van der Waals surface area contributed by atoms with Crippen molar-refractivity contribution < 1.29 is 14.6 Å². The molecule has 3 rings (SSSR count). The molecule has 0 saturated heterocycles. The van der Waals surface area contributed by atoms with Crippen molar-refractivity contribution in [2.75, 3.05) is 19.8 Å². The van der Waals surface area contributed by atoms with Crippen molar-refractivity contribution in [2.45, 2.75) is 46.6 Å². The topological polar surface area (TPSA) is 56.5 Å². The highest BCUT2D eigenvalue weighted by Crippen LogP contribution is 2.26. The number of ether oxygens (including phenoxy) is 2. The van der Waals surface area contributed by atoms with Crippen molar-refractivity contribution in [1.82, 2.24) is 9.55 Å². The van der Waals surface area contributed by atoms with E-state index in [4.69, 9.17) is 14.5 Å². The maximum absolute atomic E-state index is 9.40. The van der Waals surface area contributed by atoms with Crippen molar-refractivity contribution in [3.05, 3.63) is 53.3 Å². The van der Waals surface area contributed by atoms with Gasteiger partial charge in [-0.1, -0.05) is 12.1 Å². The van der Waals surface area contributed by atoms with E-state index in [1.807, 2.05) is 31.2 Å². The molecule has 1 N–H and O–H groups in total. The van der Waals surface area contributed by atoms with Gasteiger partial charge in [0.05, 0.1) is 30.9 Å². The highest BCUT2D eigenvalue weighted by Gasteiger charge is 2.12. The Morgan fingerprint density at radius 3 is 2.43 bits per heavy atom. The first-order valence-corrected chi connectivity index (χ1v) is 10.1. The standard InChI is InChI=1S/C23H30N2O3/c1-4-27-21-9-5-6-10-22(21)28-14-8-7-12-25-20-16-18(3)17(2)15-19(20)24-23(25)11-13-26/h5-6,9-10,15-16,26H,4,7-8,11-14H2,1-3H3. The van der Waals surface area contributed by atoms with Gasteiger partial charge in [0.2, 0.25) is 0 Å². The van der Waals surface area contributed by atoms with Crippen LogP contribution in [0.1, 0.15) is 36.7 Å². The molecule has 0 bridgehead atoms. The number of aromatic nitrogens is 2. The minimum absolute atomic E-state index is 0.110. The summed E-state index contributed by atoms with van der Waals surface area (Å²) in [6.45, 7) is 8.45. The summed E-state index contributed by atoms with van der Waals surface area (Å²) < 4.78 is 13.8. The summed E-state index contributed by atoms with van der Waals surface area (Å²) in [5.74, 6) is 2.54. The average molecular weight is 383 g/mol. The molecule has 0 saturated carbocycles. The number of benzene rings is 2. The Kier molecular flexibility index (Phi) is 6.93. The number of aryl methyl sites for hydroxylation is 3. The van der Waals surface area contributed by atoms with Gasteiger partial charge in [0, 0.05) is 13.0 Å². The molecule has 0 spiro atoms. The van der Waals surface area contributed by atoms with Gasteiger partial charge in [-0.2, -0.15) is 0 Å². The van der Waals surface area contributed by atoms with Crippen LogP contribution < -0.4 is 9.47 Å². The SMILES string of the molecule is CCOc1ccccc1OCCCCn1c(CCO)nc2cc(C)c(C)cc21. The lowest BCUT2D eigenvalue weighted by Crippen LogP contribution is -2.08. The maximum Gasteiger partial charge on any atom is 0.161 e. The van der Waals surface area contributed by atoms with Gasteiger partial charge in [-0.25, -0.2) is 4.98 Å². The third kappa shape index (κ3) is 4.65. The van der Waals surface area contributed by atoms with E-state index in [2.05, 4.69) is 30.5 Å². The summed E-state index contributed by atoms with van der Waals surface area (Å²) >= 11 is 0. The fraction of sp³-hybridized carbons (Fsp3) is 0.435. The molecule has 1 aromatic heterocycles. The summed E-state index contributed by atoms with van der Waals surface area (Å²) in [4.78, 5) is 4.74. The van der Waals surface area contributed by atoms with Gasteiger partial charge in [0.1, 0.15) is 5.82 Å². The van der Waals surface area contributed by atoms with Crippen LogP contribution in [0.4, 0.5) is 0 Å². The van der Waals surface area contributed by atoms with Crippen molar-refractivity contribution in [3.8, 4) is 11.5 Å². The Balaban J connectivity index is 1.62. The second-order valence-corrected chi connectivity index (χ2v) is 7.01. The lowest BCUT2D eigenvalue weighted by atomic mass is 10.1. The van der Waals surface area contributed by atoms with Crippen molar-refractivity contribution in [3.63, 3.8) is 0 Å². The predicted octanol–water partition coefficient (Wildman–Crippen LogP) is 4.45. The largest absolute Gasteiger partial charge is 0.490 e. The van der Waals surface area contributed by atoms with E-state index in [1.54, 1.807) is 0 Å². The van der Waals surface area contributed by atoms with Crippen molar-refractivity contribution in [1.29, 1.82) is 0 Å². The van der Waals surface area contributed by atoms with Gasteiger partial charge in [-0.05, 0) is 69.0 Å². The summed E-state index contributed by atoms with van der Waals surface area (Å²) in [6, 6.07) is 12.1. The van der Waals surface area contributed by atoms with Crippen LogP contribution in [0.25, 0.3) is 11.0 Å². The average Bonchev–Trinajstić information content (AvgIpc) is 3.00. The Morgan fingerprint density at radius 2 is 1.71 bits per heavy atom. The summed E-state index contributed by atoms with van der Waals surface area (Å²) in [5.41, 5.74) is 4.66. The van der Waals surface area contributed by atoms with Gasteiger partial charge >= 0.3 is 0 Å². The van der Waals surface area contributed by atoms with Crippen LogP contribution >= 0.6 is 0 Å². The van der Waals surface area contributed by atoms with E-state index < -0.39 is 0 Å². The number of aliphatic hydroxyl groups excluding tert-OH is 1. The van der Waals surface area contributed by atoms with E-state index in [0.717, 1.165) is 47.7 Å². The van der Waals surface area contributed by atoms with E-state index >= 15 is 0 Å². The summed E-state index contributed by atoms with van der Waals surface area (Å²) in [6.07, 6.45) is 2.49. The van der Waals surface area contributed by atoms with E-state index in [9.17, 15) is 5.11 Å². The molecule has 2 aromatic carbocycles. The number of para-hydroxylation sites is 2. The quantitative estimate of drug-likeness (QED) is 0.527. The number of fused-ring (bicyclic) bond motifs is 1. The first-order valence-electron chi connectivity index (χ1n) is 10.1. The molecule has 0 aliphatic rings. The van der Waals surface area contributed by atoms with E-state index in [1.165, 1.54) is 11.1 Å². The number of nitrogens with zero attached hydrogens (tertiary/aromatic N) is 2. The normalized spacial score (nSPS) is 11.1. The smallest absolute Gasteiger partial charge is 0.161 e. The minimum Gasteiger partial charge on any atom is -0.490 e. The fourth-order valence-corrected chi connectivity index (χ4v) is 3.37. The molecular weight excluding hydrogens is 352 g/mol. The fourth-order valence-electron chi connectivity index (χ4n) is 3.37. The second kappa shape index (κ2) is 9.60. The Bertz CT molecular complexity index is 918. The molecule has 0 amide bonds. The highest BCUT2D eigenvalue weighted by atomic mass is 16.5. The van der Waals surface area contributed by atoms with Gasteiger partial charge in [-0.15, -0.1) is 0 Å². The third-order valence-corrected chi connectivity index (χ3v) is 4.96. The number of rotatable bonds is 10. The Labute approximate surface area is 166 Å². The first kappa shape index (κ1) is 20.2. The molecule has 0 unspecified atom stereocenters. The van der Waals surface area contributed by atoms with Crippen LogP contribution in [0.15, 0.2) is 36.4 Å². The molecule has 0 aliphatic heterocycles. The molecule has 28 heavy (non-hydrogen) atoms. The number of imidazole rings is 1. The Morgan fingerprint density at radius 1 is 1.00 bits per heavy atom.